The highest BCUT2D eigenvalue weighted by Gasteiger charge is 2.31. The van der Waals surface area contributed by atoms with Crippen LogP contribution in [0.2, 0.25) is 0 Å². The van der Waals surface area contributed by atoms with Crippen molar-refractivity contribution in [3.8, 4) is 22.8 Å². The van der Waals surface area contributed by atoms with Gasteiger partial charge in [0.15, 0.2) is 0 Å². The molecule has 2 aromatic carbocycles. The van der Waals surface area contributed by atoms with Gasteiger partial charge < -0.3 is 24.7 Å². The number of nitrogens with zero attached hydrogens (tertiary/aromatic N) is 3. The number of rotatable bonds is 7. The summed E-state index contributed by atoms with van der Waals surface area (Å²) in [5.74, 6) is -2.32. The number of amides is 2. The standard InChI is InChI=1S/C25H24F4N4O4/c1-32-13-21(31-14-32)16-3-5-22(19(10-16)24(30)35)36-17-6-8-33(9-7-17)23(34)11-15-2-4-18(12-20(15)26)37-25(27,28)29/h2-5,10,12-14,17H,6-9,11H2,1H3,(H2,30,35). The van der Waals surface area contributed by atoms with Crippen molar-refractivity contribution in [2.75, 3.05) is 13.1 Å². The molecule has 2 heterocycles. The van der Waals surface area contributed by atoms with E-state index in [1.54, 1.807) is 34.0 Å². The molecule has 1 fully saturated rings. The molecule has 2 amide bonds. The molecule has 12 heteroatoms. The Morgan fingerprint density at radius 2 is 1.86 bits per heavy atom. The number of aromatic nitrogens is 2. The number of likely N-dealkylation sites (tertiary alicyclic amines) is 1. The van der Waals surface area contributed by atoms with Crippen LogP contribution >= 0.6 is 0 Å². The number of carbonyl (C=O) groups is 2. The molecule has 0 radical (unpaired) electrons. The molecule has 8 nitrogen and oxygen atoms in total. The lowest BCUT2D eigenvalue weighted by atomic mass is 10.0. The SMILES string of the molecule is Cn1cnc(-c2ccc(OC3CCN(C(=O)Cc4ccc(OC(F)(F)F)cc4F)CC3)c(C(N)=O)c2)c1. The first-order valence-corrected chi connectivity index (χ1v) is 11.4. The van der Waals surface area contributed by atoms with Crippen LogP contribution in [0.15, 0.2) is 48.9 Å². The maximum Gasteiger partial charge on any atom is 0.573 e. The number of imidazole rings is 1. The van der Waals surface area contributed by atoms with E-state index in [9.17, 15) is 27.2 Å². The molecule has 2 N–H and O–H groups in total. The van der Waals surface area contributed by atoms with Crippen molar-refractivity contribution in [3.63, 3.8) is 0 Å². The summed E-state index contributed by atoms with van der Waals surface area (Å²) in [6.07, 6.45) is -1.13. The molecular weight excluding hydrogens is 496 g/mol. The number of ether oxygens (including phenoxy) is 2. The summed E-state index contributed by atoms with van der Waals surface area (Å²) in [6.45, 7) is 0.663. The number of primary amides is 1. The van der Waals surface area contributed by atoms with Gasteiger partial charge in [0, 0.05) is 50.8 Å². The number of aryl methyl sites for hydroxylation is 1. The van der Waals surface area contributed by atoms with Gasteiger partial charge in [-0.3, -0.25) is 9.59 Å². The molecule has 0 unspecified atom stereocenters. The number of carbonyl (C=O) groups excluding carboxylic acids is 2. The number of nitrogens with two attached hydrogens (primary N) is 1. The molecule has 0 saturated carbocycles. The number of hydrogen-bond acceptors (Lipinski definition) is 5. The highest BCUT2D eigenvalue weighted by atomic mass is 19.4. The minimum Gasteiger partial charge on any atom is -0.489 e. The Morgan fingerprint density at radius 3 is 2.46 bits per heavy atom. The van der Waals surface area contributed by atoms with E-state index in [-0.39, 0.29) is 29.6 Å². The fourth-order valence-electron chi connectivity index (χ4n) is 4.09. The molecule has 1 saturated heterocycles. The second-order valence-corrected chi connectivity index (χ2v) is 8.68. The van der Waals surface area contributed by atoms with Gasteiger partial charge in [0.1, 0.15) is 23.4 Å². The van der Waals surface area contributed by atoms with Gasteiger partial charge in [-0.25, -0.2) is 9.37 Å². The molecular formula is C25H24F4N4O4. The molecule has 0 atom stereocenters. The predicted molar refractivity (Wildman–Crippen MR) is 124 cm³/mol. The number of hydrogen-bond donors (Lipinski definition) is 1. The molecule has 3 aromatic rings. The van der Waals surface area contributed by atoms with Gasteiger partial charge in [0.05, 0.1) is 24.0 Å². The number of benzene rings is 2. The van der Waals surface area contributed by atoms with Crippen LogP contribution in [-0.4, -0.2) is 51.8 Å². The van der Waals surface area contributed by atoms with Crippen molar-refractivity contribution in [3.05, 3.63) is 65.9 Å². The zero-order chi connectivity index (χ0) is 26.7. The van der Waals surface area contributed by atoms with Crippen LogP contribution in [0.4, 0.5) is 17.6 Å². The summed E-state index contributed by atoms with van der Waals surface area (Å²) < 4.78 is 62.6. The lowest BCUT2D eigenvalue weighted by Crippen LogP contribution is -2.42. The van der Waals surface area contributed by atoms with E-state index in [0.29, 0.717) is 49.0 Å². The maximum atomic E-state index is 14.2. The van der Waals surface area contributed by atoms with Crippen LogP contribution in [0, 0.1) is 5.82 Å². The maximum absolute atomic E-state index is 14.2. The van der Waals surface area contributed by atoms with Gasteiger partial charge >= 0.3 is 6.36 Å². The van der Waals surface area contributed by atoms with Crippen LogP contribution in [0.3, 0.4) is 0 Å². The van der Waals surface area contributed by atoms with Crippen molar-refractivity contribution in [2.24, 2.45) is 12.8 Å². The summed E-state index contributed by atoms with van der Waals surface area (Å²) in [7, 11) is 1.83. The number of halogens is 4. The summed E-state index contributed by atoms with van der Waals surface area (Å²) in [6, 6.07) is 7.74. The summed E-state index contributed by atoms with van der Waals surface area (Å²) >= 11 is 0. The molecule has 0 bridgehead atoms. The number of alkyl halides is 3. The van der Waals surface area contributed by atoms with E-state index in [1.165, 1.54) is 0 Å². The smallest absolute Gasteiger partial charge is 0.489 e. The molecule has 0 spiro atoms. The predicted octanol–water partition coefficient (Wildman–Crippen LogP) is 3.84. The van der Waals surface area contributed by atoms with E-state index in [0.717, 1.165) is 12.1 Å². The van der Waals surface area contributed by atoms with Gasteiger partial charge in [-0.1, -0.05) is 6.07 Å². The van der Waals surface area contributed by atoms with E-state index in [2.05, 4.69) is 9.72 Å². The molecule has 1 aliphatic rings. The molecule has 1 aliphatic heterocycles. The fourth-order valence-corrected chi connectivity index (χ4v) is 4.09. The van der Waals surface area contributed by atoms with E-state index in [1.807, 2.05) is 13.2 Å². The minimum atomic E-state index is -4.93. The Kier molecular flexibility index (Phi) is 7.37. The second kappa shape index (κ2) is 10.5. The Labute approximate surface area is 209 Å². The topological polar surface area (TPSA) is 99.7 Å². The highest BCUT2D eigenvalue weighted by Crippen LogP contribution is 2.29. The molecule has 1 aromatic heterocycles. The van der Waals surface area contributed by atoms with Gasteiger partial charge in [-0.05, 0) is 29.8 Å². The minimum absolute atomic E-state index is 0.0306. The number of piperidine rings is 1. The first kappa shape index (κ1) is 26.0. The third-order valence-electron chi connectivity index (χ3n) is 5.93. The molecule has 196 valence electrons. The van der Waals surface area contributed by atoms with Gasteiger partial charge in [0.25, 0.3) is 5.91 Å². The van der Waals surface area contributed by atoms with Crippen molar-refractivity contribution in [1.29, 1.82) is 0 Å². The zero-order valence-corrected chi connectivity index (χ0v) is 19.8. The van der Waals surface area contributed by atoms with Gasteiger partial charge in [0.2, 0.25) is 5.91 Å². The molecule has 37 heavy (non-hydrogen) atoms. The Hall–Kier alpha value is -4.09. The largest absolute Gasteiger partial charge is 0.573 e. The lowest BCUT2D eigenvalue weighted by Gasteiger charge is -2.32. The average Bonchev–Trinajstić information content (AvgIpc) is 3.26. The monoisotopic (exact) mass is 520 g/mol. The lowest BCUT2D eigenvalue weighted by molar-refractivity contribution is -0.274. The summed E-state index contributed by atoms with van der Waals surface area (Å²) in [4.78, 5) is 30.5. The van der Waals surface area contributed by atoms with Crippen molar-refractivity contribution in [2.45, 2.75) is 31.7 Å². The van der Waals surface area contributed by atoms with Crippen LogP contribution in [-0.2, 0) is 18.3 Å². The third-order valence-corrected chi connectivity index (χ3v) is 5.93. The Morgan fingerprint density at radius 1 is 1.14 bits per heavy atom. The van der Waals surface area contributed by atoms with Crippen LogP contribution < -0.4 is 15.2 Å². The first-order valence-electron chi connectivity index (χ1n) is 11.4. The second-order valence-electron chi connectivity index (χ2n) is 8.68. The van der Waals surface area contributed by atoms with E-state index >= 15 is 0 Å². The van der Waals surface area contributed by atoms with Crippen molar-refractivity contribution in [1.82, 2.24) is 14.5 Å². The molecule has 4 rings (SSSR count). The van der Waals surface area contributed by atoms with Crippen molar-refractivity contribution >= 4 is 11.8 Å². The van der Waals surface area contributed by atoms with Crippen LogP contribution in [0.5, 0.6) is 11.5 Å². The highest BCUT2D eigenvalue weighted by molar-refractivity contribution is 5.97. The molecule has 0 aliphatic carbocycles. The normalized spacial score (nSPS) is 14.5. The first-order chi connectivity index (χ1) is 17.5. The van der Waals surface area contributed by atoms with Crippen molar-refractivity contribution < 1.29 is 36.6 Å². The van der Waals surface area contributed by atoms with Gasteiger partial charge in [-0.15, -0.1) is 13.2 Å². The Balaban J connectivity index is 1.35. The third kappa shape index (κ3) is 6.57. The van der Waals surface area contributed by atoms with Crippen LogP contribution in [0.1, 0.15) is 28.8 Å². The quantitative estimate of drug-likeness (QED) is 0.478. The zero-order valence-electron chi connectivity index (χ0n) is 19.8. The van der Waals surface area contributed by atoms with E-state index in [4.69, 9.17) is 10.5 Å². The van der Waals surface area contributed by atoms with Gasteiger partial charge in [-0.2, -0.15) is 0 Å². The fraction of sp³-hybridized carbons (Fsp3) is 0.320. The Bertz CT molecular complexity index is 1300. The average molecular weight is 520 g/mol. The van der Waals surface area contributed by atoms with Crippen LogP contribution in [0.25, 0.3) is 11.3 Å². The van der Waals surface area contributed by atoms with E-state index < -0.39 is 23.8 Å². The summed E-state index contributed by atoms with van der Waals surface area (Å²) in [5.41, 5.74) is 7.15. The summed E-state index contributed by atoms with van der Waals surface area (Å²) in [5, 5.41) is 0.